The molecular weight excluding hydrogens is 469 g/mol. The van der Waals surface area contributed by atoms with E-state index in [0.717, 1.165) is 45.3 Å². The Kier molecular flexibility index (Phi) is 5.90. The van der Waals surface area contributed by atoms with Gasteiger partial charge in [0, 0.05) is 40.4 Å². The van der Waals surface area contributed by atoms with E-state index in [9.17, 15) is 13.2 Å². The predicted molar refractivity (Wildman–Crippen MR) is 139 cm³/mol. The fourth-order valence-corrected chi connectivity index (χ4v) is 4.50. The number of alkyl halides is 3. The summed E-state index contributed by atoms with van der Waals surface area (Å²) in [4.78, 5) is 4.51. The second-order valence-electron chi connectivity index (χ2n) is 8.25. The van der Waals surface area contributed by atoms with Crippen LogP contribution in [0.5, 0.6) is 0 Å². The highest BCUT2D eigenvalue weighted by atomic mass is 32.1. The van der Waals surface area contributed by atoms with Gasteiger partial charge < -0.3 is 15.2 Å². The van der Waals surface area contributed by atoms with Gasteiger partial charge in [-0.3, -0.25) is 4.98 Å². The molecule has 5 aromatic rings. The van der Waals surface area contributed by atoms with Gasteiger partial charge in [-0.2, -0.15) is 13.2 Å². The maximum Gasteiger partial charge on any atom is 0.416 e. The van der Waals surface area contributed by atoms with Crippen molar-refractivity contribution in [1.29, 1.82) is 0 Å². The number of rotatable bonds is 4. The summed E-state index contributed by atoms with van der Waals surface area (Å²) in [5.74, 6) is 0. The minimum Gasteiger partial charge on any atom is -0.334 e. The number of hydrogen-bond donors (Lipinski definition) is 2. The van der Waals surface area contributed by atoms with Crippen LogP contribution in [-0.2, 0) is 12.7 Å². The number of hydrogen-bond acceptors (Lipinski definition) is 2. The molecule has 3 aromatic carbocycles. The van der Waals surface area contributed by atoms with Gasteiger partial charge in [-0.15, -0.1) is 0 Å². The smallest absolute Gasteiger partial charge is 0.334 e. The number of benzene rings is 3. The van der Waals surface area contributed by atoms with Crippen molar-refractivity contribution in [3.8, 4) is 0 Å². The second kappa shape index (κ2) is 9.03. The van der Waals surface area contributed by atoms with E-state index >= 15 is 0 Å². The Morgan fingerprint density at radius 3 is 2.29 bits per heavy atom. The van der Waals surface area contributed by atoms with E-state index in [1.807, 2.05) is 49.4 Å². The molecule has 0 radical (unpaired) electrons. The SMILES string of the molecule is Cc1nccc2c3cc(NC(=S)Nc4ccc(C(F)(F)F)cc4)ccc3n(Cc3ccccc3)c12. The first-order valence-electron chi connectivity index (χ1n) is 11.0. The minimum atomic E-state index is -4.37. The molecule has 0 aliphatic carbocycles. The van der Waals surface area contributed by atoms with Gasteiger partial charge in [0.2, 0.25) is 0 Å². The van der Waals surface area contributed by atoms with Gasteiger partial charge >= 0.3 is 6.18 Å². The van der Waals surface area contributed by atoms with E-state index in [1.54, 1.807) is 6.20 Å². The van der Waals surface area contributed by atoms with Crippen molar-refractivity contribution in [3.63, 3.8) is 0 Å². The maximum atomic E-state index is 12.8. The highest BCUT2D eigenvalue weighted by Gasteiger charge is 2.29. The zero-order valence-corrected chi connectivity index (χ0v) is 19.5. The number of halogens is 3. The number of anilines is 2. The van der Waals surface area contributed by atoms with Crippen LogP contribution in [0.25, 0.3) is 21.8 Å². The normalized spacial score (nSPS) is 11.7. The fourth-order valence-electron chi connectivity index (χ4n) is 4.27. The van der Waals surface area contributed by atoms with Crippen molar-refractivity contribution in [2.45, 2.75) is 19.6 Å². The quantitative estimate of drug-likeness (QED) is 0.258. The van der Waals surface area contributed by atoms with Crippen LogP contribution < -0.4 is 10.6 Å². The molecule has 0 unspecified atom stereocenters. The summed E-state index contributed by atoms with van der Waals surface area (Å²) in [5, 5.41) is 8.52. The second-order valence-corrected chi connectivity index (χ2v) is 8.66. The number of fused-ring (bicyclic) bond motifs is 3. The Hall–Kier alpha value is -3.91. The highest BCUT2D eigenvalue weighted by molar-refractivity contribution is 7.80. The first kappa shape index (κ1) is 22.9. The summed E-state index contributed by atoms with van der Waals surface area (Å²) in [7, 11) is 0. The topological polar surface area (TPSA) is 41.9 Å². The molecule has 0 amide bonds. The summed E-state index contributed by atoms with van der Waals surface area (Å²) >= 11 is 5.40. The molecule has 0 bridgehead atoms. The minimum absolute atomic E-state index is 0.287. The van der Waals surface area contributed by atoms with Crippen LogP contribution in [0.15, 0.2) is 85.1 Å². The molecule has 0 atom stereocenters. The average Bonchev–Trinajstić information content (AvgIpc) is 3.13. The number of thiocarbonyl (C=S) groups is 1. The summed E-state index contributed by atoms with van der Waals surface area (Å²) < 4.78 is 40.6. The van der Waals surface area contributed by atoms with Crippen molar-refractivity contribution >= 4 is 50.5 Å². The van der Waals surface area contributed by atoms with Crippen molar-refractivity contribution in [2.24, 2.45) is 0 Å². The van der Waals surface area contributed by atoms with Crippen LogP contribution in [0.2, 0.25) is 0 Å². The third-order valence-corrected chi connectivity index (χ3v) is 6.07. The third-order valence-electron chi connectivity index (χ3n) is 5.87. The summed E-state index contributed by atoms with van der Waals surface area (Å²) in [6, 6.07) is 23.0. The summed E-state index contributed by atoms with van der Waals surface area (Å²) in [6.07, 6.45) is -2.57. The monoisotopic (exact) mass is 490 g/mol. The highest BCUT2D eigenvalue weighted by Crippen LogP contribution is 2.33. The van der Waals surface area contributed by atoms with Gasteiger partial charge in [-0.1, -0.05) is 30.3 Å². The van der Waals surface area contributed by atoms with Crippen molar-refractivity contribution in [1.82, 2.24) is 9.55 Å². The van der Waals surface area contributed by atoms with Crippen LogP contribution in [0, 0.1) is 6.92 Å². The fraction of sp³-hybridized carbons (Fsp3) is 0.111. The maximum absolute atomic E-state index is 12.8. The Balaban J connectivity index is 1.44. The van der Waals surface area contributed by atoms with Gasteiger partial charge in [0.05, 0.1) is 16.8 Å². The molecule has 176 valence electrons. The Morgan fingerprint density at radius 2 is 1.57 bits per heavy atom. The van der Waals surface area contributed by atoms with Crippen molar-refractivity contribution < 1.29 is 13.2 Å². The van der Waals surface area contributed by atoms with Gasteiger partial charge in [-0.05, 0) is 73.2 Å². The molecular formula is C27H21F3N4S. The molecule has 0 aliphatic heterocycles. The molecule has 0 spiro atoms. The predicted octanol–water partition coefficient (Wildman–Crippen LogP) is 7.37. The van der Waals surface area contributed by atoms with Gasteiger partial charge in [0.25, 0.3) is 0 Å². The lowest BCUT2D eigenvalue weighted by Gasteiger charge is -2.12. The number of aryl methyl sites for hydroxylation is 1. The number of aromatic nitrogens is 2. The van der Waals surface area contributed by atoms with Crippen LogP contribution in [0.1, 0.15) is 16.8 Å². The molecule has 0 fully saturated rings. The zero-order valence-electron chi connectivity index (χ0n) is 18.7. The largest absolute Gasteiger partial charge is 0.416 e. The lowest BCUT2D eigenvalue weighted by Crippen LogP contribution is -2.19. The van der Waals surface area contributed by atoms with Crippen LogP contribution in [0.4, 0.5) is 24.5 Å². The van der Waals surface area contributed by atoms with E-state index in [4.69, 9.17) is 12.2 Å². The molecule has 8 heteroatoms. The van der Waals surface area contributed by atoms with Gasteiger partial charge in [-0.25, -0.2) is 0 Å². The van der Waals surface area contributed by atoms with E-state index < -0.39 is 11.7 Å². The molecule has 4 nitrogen and oxygen atoms in total. The molecule has 2 N–H and O–H groups in total. The standard InChI is InChI=1S/C27H21F3N4S/c1-17-25-22(13-14-31-17)23-15-21(11-12-24(23)34(25)16-18-5-3-2-4-6-18)33-26(35)32-20-9-7-19(8-10-20)27(28,29)30/h2-15H,16H2,1H3,(H2,32,33,35). The third kappa shape index (κ3) is 4.70. The molecule has 0 saturated carbocycles. The van der Waals surface area contributed by atoms with E-state index in [0.29, 0.717) is 12.2 Å². The lowest BCUT2D eigenvalue weighted by molar-refractivity contribution is -0.137. The van der Waals surface area contributed by atoms with Crippen LogP contribution >= 0.6 is 12.2 Å². The van der Waals surface area contributed by atoms with Crippen molar-refractivity contribution in [2.75, 3.05) is 10.6 Å². The molecule has 2 heterocycles. The zero-order chi connectivity index (χ0) is 24.6. The van der Waals surface area contributed by atoms with E-state index in [1.165, 1.54) is 17.7 Å². The Labute approximate surface area is 205 Å². The number of nitrogens with one attached hydrogen (secondary N) is 2. The average molecular weight is 491 g/mol. The molecule has 2 aromatic heterocycles. The van der Waals surface area contributed by atoms with Gasteiger partial charge in [0.15, 0.2) is 5.11 Å². The van der Waals surface area contributed by atoms with Crippen molar-refractivity contribution in [3.05, 3.63) is 102 Å². The Bertz CT molecular complexity index is 1520. The number of nitrogens with zero attached hydrogens (tertiary/aromatic N) is 2. The first-order valence-corrected chi connectivity index (χ1v) is 11.4. The molecule has 0 saturated heterocycles. The first-order chi connectivity index (χ1) is 16.8. The summed E-state index contributed by atoms with van der Waals surface area (Å²) in [5.41, 5.74) is 4.83. The lowest BCUT2D eigenvalue weighted by atomic mass is 10.1. The summed E-state index contributed by atoms with van der Waals surface area (Å²) in [6.45, 7) is 2.72. The van der Waals surface area contributed by atoms with E-state index in [-0.39, 0.29) is 5.11 Å². The van der Waals surface area contributed by atoms with Gasteiger partial charge in [0.1, 0.15) is 0 Å². The van der Waals surface area contributed by atoms with E-state index in [2.05, 4.69) is 32.3 Å². The molecule has 0 aliphatic rings. The van der Waals surface area contributed by atoms with Crippen LogP contribution in [0.3, 0.4) is 0 Å². The Morgan fingerprint density at radius 1 is 0.886 bits per heavy atom. The molecule has 5 rings (SSSR count). The molecule has 35 heavy (non-hydrogen) atoms. The number of pyridine rings is 1. The van der Waals surface area contributed by atoms with Crippen LogP contribution in [-0.4, -0.2) is 14.7 Å².